The van der Waals surface area contributed by atoms with Crippen molar-refractivity contribution in [3.05, 3.63) is 18.0 Å². The monoisotopic (exact) mass is 306 g/mol. The average molecular weight is 306 g/mol. The highest BCUT2D eigenvalue weighted by molar-refractivity contribution is 5.71. The molecule has 2 aromatic rings. The van der Waals surface area contributed by atoms with Gasteiger partial charge in [0.25, 0.3) is 5.89 Å². The van der Waals surface area contributed by atoms with Gasteiger partial charge in [0.05, 0.1) is 33.5 Å². The van der Waals surface area contributed by atoms with E-state index < -0.39 is 0 Å². The second kappa shape index (κ2) is 6.23. The average Bonchev–Trinajstić information content (AvgIpc) is 3.23. The third kappa shape index (κ3) is 2.48. The van der Waals surface area contributed by atoms with Crippen LogP contribution in [0.2, 0.25) is 0 Å². The van der Waals surface area contributed by atoms with Crippen LogP contribution in [0.5, 0.6) is 17.2 Å². The van der Waals surface area contributed by atoms with Gasteiger partial charge in [-0.15, -0.1) is 0 Å². The molecular weight excluding hydrogens is 288 g/mol. The second-order valence-corrected chi connectivity index (χ2v) is 4.90. The molecule has 0 amide bonds. The topological polar surface area (TPSA) is 75.8 Å². The van der Waals surface area contributed by atoms with Crippen LogP contribution in [0.3, 0.4) is 0 Å². The molecule has 1 saturated heterocycles. The molecule has 0 unspecified atom stereocenters. The Labute approximate surface area is 128 Å². The molecule has 2 heterocycles. The fourth-order valence-electron chi connectivity index (χ4n) is 2.52. The predicted molar refractivity (Wildman–Crippen MR) is 77.6 cm³/mol. The van der Waals surface area contributed by atoms with E-state index in [9.17, 15) is 0 Å². The zero-order valence-corrected chi connectivity index (χ0v) is 12.8. The summed E-state index contributed by atoms with van der Waals surface area (Å²) in [4.78, 5) is 4.47. The van der Waals surface area contributed by atoms with Crippen molar-refractivity contribution in [3.8, 4) is 28.7 Å². The largest absolute Gasteiger partial charge is 0.493 e. The summed E-state index contributed by atoms with van der Waals surface area (Å²) < 4.78 is 26.8. The molecule has 1 aromatic carbocycles. The summed E-state index contributed by atoms with van der Waals surface area (Å²) in [7, 11) is 4.68. The van der Waals surface area contributed by atoms with Crippen molar-refractivity contribution in [2.24, 2.45) is 0 Å². The number of rotatable bonds is 5. The molecule has 1 atom stereocenters. The summed E-state index contributed by atoms with van der Waals surface area (Å²) in [5.41, 5.74) is 0.665. The molecule has 0 radical (unpaired) electrons. The van der Waals surface area contributed by atoms with Crippen LogP contribution >= 0.6 is 0 Å². The van der Waals surface area contributed by atoms with Crippen LogP contribution in [0.15, 0.2) is 16.7 Å². The number of hydrogen-bond acceptors (Lipinski definition) is 7. The summed E-state index contributed by atoms with van der Waals surface area (Å²) in [5.74, 6) is 2.80. The molecule has 22 heavy (non-hydrogen) atoms. The molecule has 0 bridgehead atoms. The minimum absolute atomic E-state index is 0.184. The lowest BCUT2D eigenvalue weighted by Gasteiger charge is -2.13. The van der Waals surface area contributed by atoms with E-state index in [0.717, 1.165) is 13.0 Å². The highest BCUT2D eigenvalue weighted by atomic mass is 16.5. The number of benzene rings is 1. The Morgan fingerprint density at radius 3 is 2.55 bits per heavy atom. The molecule has 0 aliphatic carbocycles. The highest BCUT2D eigenvalue weighted by Gasteiger charge is 2.26. The summed E-state index contributed by atoms with van der Waals surface area (Å²) >= 11 is 0. The second-order valence-electron chi connectivity index (χ2n) is 4.90. The zero-order chi connectivity index (χ0) is 15.5. The number of ether oxygens (including phenoxy) is 4. The van der Waals surface area contributed by atoms with E-state index in [1.807, 2.05) is 6.07 Å². The minimum Gasteiger partial charge on any atom is -0.493 e. The summed E-state index contributed by atoms with van der Waals surface area (Å²) in [6.45, 7) is 1.36. The summed E-state index contributed by atoms with van der Waals surface area (Å²) in [6, 6.07) is 3.59. The SMILES string of the molecule is COc1ccc(-c2nc([C@H]3CCOC3)no2)c(OC)c1OC. The van der Waals surface area contributed by atoms with Crippen LogP contribution in [-0.4, -0.2) is 44.7 Å². The van der Waals surface area contributed by atoms with E-state index in [1.54, 1.807) is 27.4 Å². The Hall–Kier alpha value is -2.28. The predicted octanol–water partition coefficient (Wildman–Crippen LogP) is 2.27. The van der Waals surface area contributed by atoms with E-state index in [2.05, 4.69) is 10.1 Å². The minimum atomic E-state index is 0.184. The van der Waals surface area contributed by atoms with Gasteiger partial charge in [0, 0.05) is 12.5 Å². The first kappa shape index (κ1) is 14.6. The van der Waals surface area contributed by atoms with Crippen molar-refractivity contribution >= 4 is 0 Å². The van der Waals surface area contributed by atoms with Crippen molar-refractivity contribution in [1.82, 2.24) is 10.1 Å². The van der Waals surface area contributed by atoms with Crippen molar-refractivity contribution in [2.45, 2.75) is 12.3 Å². The number of hydrogen-bond donors (Lipinski definition) is 0. The van der Waals surface area contributed by atoms with Gasteiger partial charge >= 0.3 is 0 Å². The summed E-state index contributed by atoms with van der Waals surface area (Å²) in [6.07, 6.45) is 0.905. The Balaban J connectivity index is 2.00. The molecule has 118 valence electrons. The number of nitrogens with zero attached hydrogens (tertiary/aromatic N) is 2. The first-order valence-electron chi connectivity index (χ1n) is 6.99. The van der Waals surface area contributed by atoms with Gasteiger partial charge in [0.2, 0.25) is 5.75 Å². The third-order valence-electron chi connectivity index (χ3n) is 3.67. The van der Waals surface area contributed by atoms with Crippen LogP contribution in [-0.2, 0) is 4.74 Å². The first-order chi connectivity index (χ1) is 10.8. The van der Waals surface area contributed by atoms with E-state index in [0.29, 0.717) is 41.1 Å². The molecule has 7 heteroatoms. The molecule has 7 nitrogen and oxygen atoms in total. The Kier molecular flexibility index (Phi) is 4.15. The van der Waals surface area contributed by atoms with Gasteiger partial charge in [-0.3, -0.25) is 0 Å². The van der Waals surface area contributed by atoms with Crippen LogP contribution in [0.4, 0.5) is 0 Å². The van der Waals surface area contributed by atoms with Gasteiger partial charge in [-0.2, -0.15) is 4.98 Å². The van der Waals surface area contributed by atoms with Crippen LogP contribution in [0.1, 0.15) is 18.2 Å². The Bertz CT molecular complexity index is 649. The van der Waals surface area contributed by atoms with Crippen LogP contribution in [0, 0.1) is 0 Å². The molecule has 0 N–H and O–H groups in total. The maximum atomic E-state index is 5.44. The molecule has 0 spiro atoms. The molecule has 1 aliphatic heterocycles. The van der Waals surface area contributed by atoms with Gasteiger partial charge in [0.1, 0.15) is 0 Å². The standard InChI is InChI=1S/C15H18N2O5/c1-18-11-5-4-10(12(19-2)13(11)20-3)15-16-14(17-22-15)9-6-7-21-8-9/h4-5,9H,6-8H2,1-3H3/t9-/m0/s1. The van der Waals surface area contributed by atoms with Gasteiger partial charge in [-0.1, -0.05) is 5.16 Å². The molecular formula is C15H18N2O5. The lowest BCUT2D eigenvalue weighted by atomic mass is 10.1. The molecule has 0 saturated carbocycles. The first-order valence-corrected chi connectivity index (χ1v) is 6.99. The fraction of sp³-hybridized carbons (Fsp3) is 0.467. The summed E-state index contributed by atoms with van der Waals surface area (Å²) in [5, 5.41) is 4.05. The molecule has 1 aromatic heterocycles. The van der Waals surface area contributed by atoms with Gasteiger partial charge in [0.15, 0.2) is 17.3 Å². The molecule has 1 fully saturated rings. The Morgan fingerprint density at radius 1 is 1.09 bits per heavy atom. The van der Waals surface area contributed by atoms with Gasteiger partial charge in [-0.25, -0.2) is 0 Å². The van der Waals surface area contributed by atoms with Gasteiger partial charge < -0.3 is 23.5 Å². The van der Waals surface area contributed by atoms with Crippen molar-refractivity contribution in [3.63, 3.8) is 0 Å². The maximum absolute atomic E-state index is 5.44. The third-order valence-corrected chi connectivity index (χ3v) is 3.67. The number of aromatic nitrogens is 2. The fourth-order valence-corrected chi connectivity index (χ4v) is 2.52. The van der Waals surface area contributed by atoms with Gasteiger partial charge in [-0.05, 0) is 18.6 Å². The lowest BCUT2D eigenvalue weighted by Crippen LogP contribution is -2.00. The number of methoxy groups -OCH3 is 3. The normalized spacial score (nSPS) is 17.5. The lowest BCUT2D eigenvalue weighted by molar-refractivity contribution is 0.192. The van der Waals surface area contributed by atoms with E-state index >= 15 is 0 Å². The van der Waals surface area contributed by atoms with Crippen LogP contribution < -0.4 is 14.2 Å². The van der Waals surface area contributed by atoms with Crippen molar-refractivity contribution < 1.29 is 23.5 Å². The Morgan fingerprint density at radius 2 is 1.91 bits per heavy atom. The molecule has 1 aliphatic rings. The zero-order valence-electron chi connectivity index (χ0n) is 12.8. The van der Waals surface area contributed by atoms with Crippen molar-refractivity contribution in [1.29, 1.82) is 0 Å². The highest BCUT2D eigenvalue weighted by Crippen LogP contribution is 2.43. The van der Waals surface area contributed by atoms with E-state index in [4.69, 9.17) is 23.5 Å². The quantitative estimate of drug-likeness (QED) is 0.838. The van der Waals surface area contributed by atoms with E-state index in [1.165, 1.54) is 0 Å². The maximum Gasteiger partial charge on any atom is 0.261 e. The van der Waals surface area contributed by atoms with Crippen molar-refractivity contribution in [2.75, 3.05) is 34.5 Å². The smallest absolute Gasteiger partial charge is 0.261 e. The van der Waals surface area contributed by atoms with Crippen LogP contribution in [0.25, 0.3) is 11.5 Å². The molecule has 3 rings (SSSR count). The van der Waals surface area contributed by atoms with E-state index in [-0.39, 0.29) is 5.92 Å².